The highest BCUT2D eigenvalue weighted by Gasteiger charge is 2.30. The molecule has 0 aromatic heterocycles. The Kier molecular flexibility index (Phi) is 7.26. The maximum Gasteiger partial charge on any atom is 0.254 e. The van der Waals surface area contributed by atoms with Crippen molar-refractivity contribution in [2.45, 2.75) is 39.0 Å². The fraction of sp³-hybridized carbons (Fsp3) is 0.348. The van der Waals surface area contributed by atoms with Gasteiger partial charge in [-0.1, -0.05) is 18.2 Å². The van der Waals surface area contributed by atoms with Crippen molar-refractivity contribution >= 4 is 35.7 Å². The van der Waals surface area contributed by atoms with Crippen molar-refractivity contribution in [3.05, 3.63) is 64.7 Å². The summed E-state index contributed by atoms with van der Waals surface area (Å²) in [6.45, 7) is 7.18. The lowest BCUT2D eigenvalue weighted by atomic mass is 9.82. The Morgan fingerprint density at radius 2 is 1.77 bits per heavy atom. The number of nitrogen functional groups attached to an aromatic ring is 1. The van der Waals surface area contributed by atoms with Crippen molar-refractivity contribution in [1.82, 2.24) is 4.90 Å². The summed E-state index contributed by atoms with van der Waals surface area (Å²) in [5.74, 6) is -0.146. The Hall–Kier alpha value is -2.86. The summed E-state index contributed by atoms with van der Waals surface area (Å²) in [6.07, 6.45) is 2.11. The van der Waals surface area contributed by atoms with Gasteiger partial charge in [-0.3, -0.25) is 15.0 Å². The average Bonchev–Trinajstić information content (AvgIpc) is 3.22. The predicted octanol–water partition coefficient (Wildman–Crippen LogP) is 3.85. The van der Waals surface area contributed by atoms with Gasteiger partial charge in [0.1, 0.15) is 5.84 Å². The number of amidine groups is 1. The number of nitrogens with zero attached hydrogens (tertiary/aromatic N) is 1. The maximum absolute atomic E-state index is 13.0. The first-order chi connectivity index (χ1) is 13.7. The van der Waals surface area contributed by atoms with E-state index >= 15 is 0 Å². The smallest absolute Gasteiger partial charge is 0.254 e. The monoisotopic (exact) mass is 428 g/mol. The zero-order valence-corrected chi connectivity index (χ0v) is 18.4. The first-order valence-electron chi connectivity index (χ1n) is 9.86. The van der Waals surface area contributed by atoms with Gasteiger partial charge in [0, 0.05) is 29.9 Å². The van der Waals surface area contributed by atoms with Gasteiger partial charge in [-0.15, -0.1) is 12.4 Å². The van der Waals surface area contributed by atoms with E-state index in [1.165, 1.54) is 0 Å². The average molecular weight is 429 g/mol. The largest absolute Gasteiger partial charge is 0.384 e. The second kappa shape index (κ2) is 9.30. The minimum Gasteiger partial charge on any atom is -0.384 e. The quantitative estimate of drug-likeness (QED) is 0.498. The molecule has 0 spiro atoms. The van der Waals surface area contributed by atoms with Crippen LogP contribution in [0.4, 0.5) is 5.69 Å². The molecule has 6 nitrogen and oxygen atoms in total. The Morgan fingerprint density at radius 3 is 2.37 bits per heavy atom. The van der Waals surface area contributed by atoms with Crippen molar-refractivity contribution in [2.75, 3.05) is 18.4 Å². The molecule has 0 saturated carbocycles. The summed E-state index contributed by atoms with van der Waals surface area (Å²) in [6, 6.07) is 12.6. The number of carbonyl (C=O) groups is 2. The molecule has 30 heavy (non-hydrogen) atoms. The van der Waals surface area contributed by atoms with E-state index in [1.54, 1.807) is 30.3 Å². The summed E-state index contributed by atoms with van der Waals surface area (Å²) in [5, 5.41) is 10.6. The normalized spacial score (nSPS) is 13.5. The number of likely N-dealkylation sites (tertiary alicyclic amines) is 1. The van der Waals surface area contributed by atoms with E-state index in [4.69, 9.17) is 11.1 Å². The van der Waals surface area contributed by atoms with E-state index in [-0.39, 0.29) is 30.1 Å². The molecule has 0 bridgehead atoms. The van der Waals surface area contributed by atoms with Gasteiger partial charge >= 0.3 is 0 Å². The highest BCUT2D eigenvalue weighted by Crippen LogP contribution is 2.27. The van der Waals surface area contributed by atoms with Gasteiger partial charge in [-0.25, -0.2) is 0 Å². The molecule has 2 aromatic rings. The molecule has 1 heterocycles. The molecule has 1 aliphatic heterocycles. The molecular weight excluding hydrogens is 400 g/mol. The second-order valence-electron chi connectivity index (χ2n) is 8.10. The summed E-state index contributed by atoms with van der Waals surface area (Å²) in [5.41, 5.74) is 8.30. The van der Waals surface area contributed by atoms with Crippen LogP contribution in [0.5, 0.6) is 0 Å². The lowest BCUT2D eigenvalue weighted by Crippen LogP contribution is -2.35. The van der Waals surface area contributed by atoms with Crippen molar-refractivity contribution in [3.8, 4) is 0 Å². The number of rotatable bonds is 5. The number of halogens is 1. The SMILES string of the molecule is Cc1cc(NC(=O)C(C)(C)c2cccc(C(=N)N)c2)ccc1C(=O)N1CCCC1.Cl. The number of nitrogens with two attached hydrogens (primary N) is 1. The van der Waals surface area contributed by atoms with Crippen LogP contribution in [0.2, 0.25) is 0 Å². The lowest BCUT2D eigenvalue weighted by molar-refractivity contribution is -0.120. The van der Waals surface area contributed by atoms with Crippen molar-refractivity contribution in [1.29, 1.82) is 5.41 Å². The van der Waals surface area contributed by atoms with E-state index in [9.17, 15) is 9.59 Å². The Labute approximate surface area is 183 Å². The van der Waals surface area contributed by atoms with E-state index in [0.717, 1.165) is 37.1 Å². The number of nitrogens with one attached hydrogen (secondary N) is 2. The Balaban J connectivity index is 0.00000320. The Bertz CT molecular complexity index is 965. The van der Waals surface area contributed by atoms with E-state index < -0.39 is 5.41 Å². The molecule has 1 aliphatic rings. The van der Waals surface area contributed by atoms with Crippen LogP contribution in [0.1, 0.15) is 53.7 Å². The van der Waals surface area contributed by atoms with Crippen molar-refractivity contribution < 1.29 is 9.59 Å². The minimum absolute atomic E-state index is 0. The summed E-state index contributed by atoms with van der Waals surface area (Å²) in [4.78, 5) is 27.5. The lowest BCUT2D eigenvalue weighted by Gasteiger charge is -2.25. The van der Waals surface area contributed by atoms with E-state index in [1.807, 2.05) is 37.8 Å². The molecule has 2 amide bonds. The number of benzene rings is 2. The number of hydrogen-bond donors (Lipinski definition) is 3. The fourth-order valence-electron chi connectivity index (χ4n) is 3.57. The van der Waals surface area contributed by atoms with Crippen LogP contribution < -0.4 is 11.1 Å². The van der Waals surface area contributed by atoms with Crippen LogP contribution in [0.25, 0.3) is 0 Å². The van der Waals surface area contributed by atoms with Gasteiger partial charge in [0.2, 0.25) is 5.91 Å². The third-order valence-corrected chi connectivity index (χ3v) is 5.57. The summed E-state index contributed by atoms with van der Waals surface area (Å²) in [7, 11) is 0. The van der Waals surface area contributed by atoms with E-state index in [0.29, 0.717) is 16.8 Å². The molecule has 1 fully saturated rings. The van der Waals surface area contributed by atoms with Gasteiger partial charge < -0.3 is 16.0 Å². The van der Waals surface area contributed by atoms with Gasteiger partial charge in [0.05, 0.1) is 5.41 Å². The van der Waals surface area contributed by atoms with Crippen LogP contribution >= 0.6 is 12.4 Å². The van der Waals surface area contributed by atoms with Crippen LogP contribution in [0.15, 0.2) is 42.5 Å². The maximum atomic E-state index is 13.0. The molecule has 3 rings (SSSR count). The number of amides is 2. The molecule has 0 atom stereocenters. The molecular formula is C23H29ClN4O2. The van der Waals surface area contributed by atoms with Gasteiger partial charge in [-0.05, 0) is 69.0 Å². The van der Waals surface area contributed by atoms with E-state index in [2.05, 4.69) is 5.32 Å². The topological polar surface area (TPSA) is 99.3 Å². The minimum atomic E-state index is -0.816. The highest BCUT2D eigenvalue weighted by atomic mass is 35.5. The number of anilines is 1. The Morgan fingerprint density at radius 1 is 1.10 bits per heavy atom. The number of carbonyl (C=O) groups excluding carboxylic acids is 2. The van der Waals surface area contributed by atoms with Crippen LogP contribution in [0, 0.1) is 12.3 Å². The molecule has 160 valence electrons. The van der Waals surface area contributed by atoms with Crippen LogP contribution in [0.3, 0.4) is 0 Å². The van der Waals surface area contributed by atoms with Crippen LogP contribution in [-0.4, -0.2) is 35.6 Å². The van der Waals surface area contributed by atoms with Crippen molar-refractivity contribution in [3.63, 3.8) is 0 Å². The standard InChI is InChI=1S/C23H28N4O2.ClH/c1-15-13-18(9-10-19(15)21(28)27-11-4-5-12-27)26-22(29)23(2,3)17-8-6-7-16(14-17)20(24)25;/h6-10,13-14H,4-5,11-12H2,1-3H3,(H3,24,25)(H,26,29);1H. The molecule has 0 aliphatic carbocycles. The molecule has 2 aromatic carbocycles. The predicted molar refractivity (Wildman–Crippen MR) is 123 cm³/mol. The zero-order chi connectivity index (χ0) is 21.2. The van der Waals surface area contributed by atoms with Gasteiger partial charge in [0.25, 0.3) is 5.91 Å². The molecule has 4 N–H and O–H groups in total. The first-order valence-corrected chi connectivity index (χ1v) is 9.86. The van der Waals surface area contributed by atoms with Gasteiger partial charge in [0.15, 0.2) is 0 Å². The molecule has 7 heteroatoms. The number of aryl methyl sites for hydroxylation is 1. The molecule has 0 unspecified atom stereocenters. The molecule has 1 saturated heterocycles. The number of hydrogen-bond acceptors (Lipinski definition) is 3. The third kappa shape index (κ3) is 4.82. The first kappa shape index (κ1) is 23.4. The molecule has 0 radical (unpaired) electrons. The summed E-state index contributed by atoms with van der Waals surface area (Å²) >= 11 is 0. The van der Waals surface area contributed by atoms with Gasteiger partial charge in [-0.2, -0.15) is 0 Å². The third-order valence-electron chi connectivity index (χ3n) is 5.57. The second-order valence-corrected chi connectivity index (χ2v) is 8.10. The van der Waals surface area contributed by atoms with Crippen molar-refractivity contribution in [2.24, 2.45) is 5.73 Å². The zero-order valence-electron chi connectivity index (χ0n) is 17.6. The fourth-order valence-corrected chi connectivity index (χ4v) is 3.57. The highest BCUT2D eigenvalue weighted by molar-refractivity contribution is 6.01. The van der Waals surface area contributed by atoms with Crippen LogP contribution in [-0.2, 0) is 10.2 Å². The summed E-state index contributed by atoms with van der Waals surface area (Å²) < 4.78 is 0.